The minimum Gasteiger partial charge on any atom is -0.486 e. The molecule has 0 saturated carbocycles. The Hall–Kier alpha value is -2.88. The molecule has 10 heteroatoms. The summed E-state index contributed by atoms with van der Waals surface area (Å²) in [5, 5.41) is 0. The van der Waals surface area contributed by atoms with Crippen LogP contribution in [0.5, 0.6) is 5.75 Å². The summed E-state index contributed by atoms with van der Waals surface area (Å²) in [6.07, 6.45) is 7.01. The van der Waals surface area contributed by atoms with E-state index in [-0.39, 0.29) is 29.7 Å². The molecule has 0 N–H and O–H groups in total. The third-order valence-corrected chi connectivity index (χ3v) is 6.96. The standard InChI is InChI=1S/C22H28N4O5S/c1-3-4-9-30-22(27)26-14-17-10-18(26)13-25(17)21-23-11-19(12-24-21)31-15-16-5-7-20(8-6-16)32(2,28)29/h5-8,11-12,17-18H,3-4,9-10,13-15H2,1-2H3. The number of carbonyl (C=O) groups is 1. The van der Waals surface area contributed by atoms with E-state index in [9.17, 15) is 13.2 Å². The van der Waals surface area contributed by atoms with Gasteiger partial charge < -0.3 is 19.3 Å². The van der Waals surface area contributed by atoms with E-state index in [1.807, 2.05) is 4.90 Å². The molecule has 1 aromatic carbocycles. The Balaban J connectivity index is 1.29. The third-order valence-electron chi connectivity index (χ3n) is 5.83. The Bertz CT molecular complexity index is 1040. The van der Waals surface area contributed by atoms with Crippen LogP contribution in [0.2, 0.25) is 0 Å². The first-order valence-corrected chi connectivity index (χ1v) is 12.7. The first-order valence-electron chi connectivity index (χ1n) is 10.8. The van der Waals surface area contributed by atoms with Crippen molar-refractivity contribution in [1.82, 2.24) is 14.9 Å². The Morgan fingerprint density at radius 3 is 2.44 bits per heavy atom. The molecule has 2 unspecified atom stereocenters. The molecule has 0 spiro atoms. The van der Waals surface area contributed by atoms with E-state index in [1.165, 1.54) is 6.26 Å². The molecular formula is C22H28N4O5S. The van der Waals surface area contributed by atoms with Crippen LogP contribution >= 0.6 is 0 Å². The van der Waals surface area contributed by atoms with Gasteiger partial charge in [0.25, 0.3) is 0 Å². The van der Waals surface area contributed by atoms with E-state index in [4.69, 9.17) is 9.47 Å². The molecule has 4 rings (SSSR count). The van der Waals surface area contributed by atoms with Crippen LogP contribution in [0, 0.1) is 0 Å². The Kier molecular flexibility index (Phi) is 6.50. The lowest BCUT2D eigenvalue weighted by Crippen LogP contribution is -2.49. The van der Waals surface area contributed by atoms with Gasteiger partial charge in [-0.1, -0.05) is 25.5 Å². The topological polar surface area (TPSA) is 102 Å². The molecule has 2 aromatic rings. The van der Waals surface area contributed by atoms with Crippen molar-refractivity contribution in [3.05, 3.63) is 42.2 Å². The zero-order valence-electron chi connectivity index (χ0n) is 18.3. The molecule has 2 fully saturated rings. The second kappa shape index (κ2) is 9.32. The summed E-state index contributed by atoms with van der Waals surface area (Å²) >= 11 is 0. The summed E-state index contributed by atoms with van der Waals surface area (Å²) in [5.74, 6) is 1.16. The van der Waals surface area contributed by atoms with Crippen molar-refractivity contribution >= 4 is 21.9 Å². The number of anilines is 1. The lowest BCUT2D eigenvalue weighted by atomic mass is 10.2. The highest BCUT2D eigenvalue weighted by molar-refractivity contribution is 7.90. The largest absolute Gasteiger partial charge is 0.486 e. The number of rotatable bonds is 8. The van der Waals surface area contributed by atoms with E-state index in [0.717, 1.165) is 24.8 Å². The lowest BCUT2D eigenvalue weighted by Gasteiger charge is -2.33. The molecule has 2 aliphatic rings. The van der Waals surface area contributed by atoms with Crippen LogP contribution < -0.4 is 9.64 Å². The number of nitrogens with zero attached hydrogens (tertiary/aromatic N) is 4. The van der Waals surface area contributed by atoms with E-state index >= 15 is 0 Å². The van der Waals surface area contributed by atoms with Crippen molar-refractivity contribution in [3.63, 3.8) is 0 Å². The summed E-state index contributed by atoms with van der Waals surface area (Å²) < 4.78 is 34.2. The summed E-state index contributed by atoms with van der Waals surface area (Å²) in [6.45, 7) is 4.15. The average molecular weight is 461 g/mol. The quantitative estimate of drug-likeness (QED) is 0.554. The van der Waals surface area contributed by atoms with Gasteiger partial charge in [-0.3, -0.25) is 0 Å². The molecule has 0 radical (unpaired) electrons. The van der Waals surface area contributed by atoms with E-state index in [2.05, 4.69) is 21.8 Å². The maximum absolute atomic E-state index is 12.3. The number of ether oxygens (including phenoxy) is 2. The van der Waals surface area contributed by atoms with Gasteiger partial charge in [0.05, 0.1) is 36.0 Å². The number of unbranched alkanes of at least 4 members (excludes halogenated alkanes) is 1. The predicted molar refractivity (Wildman–Crippen MR) is 118 cm³/mol. The van der Waals surface area contributed by atoms with E-state index in [1.54, 1.807) is 36.7 Å². The minimum absolute atomic E-state index is 0.128. The number of benzene rings is 1. The molecule has 0 aliphatic carbocycles. The average Bonchev–Trinajstić information content (AvgIpc) is 3.39. The van der Waals surface area contributed by atoms with Gasteiger partial charge in [-0.2, -0.15) is 0 Å². The summed E-state index contributed by atoms with van der Waals surface area (Å²) in [5.41, 5.74) is 0.851. The van der Waals surface area contributed by atoms with Gasteiger partial charge in [-0.05, 0) is 30.5 Å². The Morgan fingerprint density at radius 1 is 1.12 bits per heavy atom. The number of amides is 1. The molecule has 2 bridgehead atoms. The van der Waals surface area contributed by atoms with Gasteiger partial charge in [-0.25, -0.2) is 23.2 Å². The van der Waals surface area contributed by atoms with Crippen molar-refractivity contribution in [1.29, 1.82) is 0 Å². The molecule has 2 aliphatic heterocycles. The van der Waals surface area contributed by atoms with E-state index in [0.29, 0.717) is 31.4 Å². The number of aromatic nitrogens is 2. The maximum atomic E-state index is 12.3. The summed E-state index contributed by atoms with van der Waals surface area (Å²) in [7, 11) is -3.21. The van der Waals surface area contributed by atoms with Gasteiger partial charge in [0.15, 0.2) is 15.6 Å². The highest BCUT2D eigenvalue weighted by atomic mass is 32.2. The molecule has 172 valence electrons. The van der Waals surface area contributed by atoms with Crippen LogP contribution in [0.25, 0.3) is 0 Å². The van der Waals surface area contributed by atoms with Crippen molar-refractivity contribution in [2.24, 2.45) is 0 Å². The number of piperazine rings is 1. The second-order valence-corrected chi connectivity index (χ2v) is 10.3. The van der Waals surface area contributed by atoms with Crippen molar-refractivity contribution < 1.29 is 22.7 Å². The van der Waals surface area contributed by atoms with Gasteiger partial charge in [0.2, 0.25) is 5.95 Å². The van der Waals surface area contributed by atoms with Gasteiger partial charge >= 0.3 is 6.09 Å². The number of fused-ring (bicyclic) bond motifs is 2. The first kappa shape index (κ1) is 22.3. The van der Waals surface area contributed by atoms with Crippen LogP contribution in [0.4, 0.5) is 10.7 Å². The maximum Gasteiger partial charge on any atom is 0.410 e. The number of carbonyl (C=O) groups excluding carboxylic acids is 1. The fraction of sp³-hybridized carbons (Fsp3) is 0.500. The number of hydrogen-bond donors (Lipinski definition) is 0. The Labute approximate surface area is 188 Å². The van der Waals surface area contributed by atoms with Gasteiger partial charge in [0.1, 0.15) is 6.61 Å². The molecule has 32 heavy (non-hydrogen) atoms. The predicted octanol–water partition coefficient (Wildman–Crippen LogP) is 2.66. The van der Waals surface area contributed by atoms with Crippen molar-refractivity contribution in [2.45, 2.75) is 49.8 Å². The normalized spacial score (nSPS) is 19.9. The summed E-state index contributed by atoms with van der Waals surface area (Å²) in [6, 6.07) is 6.91. The minimum atomic E-state index is -3.21. The number of sulfone groups is 1. The Morgan fingerprint density at radius 2 is 1.84 bits per heavy atom. The SMILES string of the molecule is CCCCOC(=O)N1CC2CC1CN2c1ncc(OCc2ccc(S(C)(=O)=O)cc2)cn1. The number of likely N-dealkylation sites (tertiary alicyclic amines) is 1. The van der Waals surface area contributed by atoms with Crippen LogP contribution in [0.1, 0.15) is 31.7 Å². The van der Waals surface area contributed by atoms with Crippen LogP contribution in [0.15, 0.2) is 41.6 Å². The molecule has 9 nitrogen and oxygen atoms in total. The number of hydrogen-bond acceptors (Lipinski definition) is 8. The third kappa shape index (κ3) is 4.95. The fourth-order valence-corrected chi connectivity index (χ4v) is 4.68. The van der Waals surface area contributed by atoms with Gasteiger partial charge in [-0.15, -0.1) is 0 Å². The molecule has 2 atom stereocenters. The van der Waals surface area contributed by atoms with Crippen molar-refractivity contribution in [2.75, 3.05) is 30.9 Å². The van der Waals surface area contributed by atoms with Crippen LogP contribution in [-0.4, -0.2) is 67.4 Å². The zero-order chi connectivity index (χ0) is 22.7. The highest BCUT2D eigenvalue weighted by Crippen LogP contribution is 2.33. The van der Waals surface area contributed by atoms with Crippen LogP contribution in [-0.2, 0) is 21.2 Å². The molecule has 1 amide bonds. The molecular weight excluding hydrogens is 432 g/mol. The van der Waals surface area contributed by atoms with Crippen LogP contribution in [0.3, 0.4) is 0 Å². The van der Waals surface area contributed by atoms with E-state index < -0.39 is 9.84 Å². The smallest absolute Gasteiger partial charge is 0.410 e. The summed E-state index contributed by atoms with van der Waals surface area (Å²) in [4.78, 5) is 25.4. The lowest BCUT2D eigenvalue weighted by molar-refractivity contribution is 0.0944. The van der Waals surface area contributed by atoms with Gasteiger partial charge in [0, 0.05) is 19.3 Å². The highest BCUT2D eigenvalue weighted by Gasteiger charge is 2.46. The fourth-order valence-electron chi connectivity index (χ4n) is 4.05. The molecule has 2 saturated heterocycles. The molecule has 1 aromatic heterocycles. The monoisotopic (exact) mass is 460 g/mol. The zero-order valence-corrected chi connectivity index (χ0v) is 19.1. The molecule has 3 heterocycles. The first-order chi connectivity index (χ1) is 15.3. The van der Waals surface area contributed by atoms with Crippen molar-refractivity contribution in [3.8, 4) is 5.75 Å². The second-order valence-electron chi connectivity index (χ2n) is 8.24.